The predicted octanol–water partition coefficient (Wildman–Crippen LogP) is 0.808. The van der Waals surface area contributed by atoms with Crippen molar-refractivity contribution in [1.29, 1.82) is 0 Å². The van der Waals surface area contributed by atoms with Gasteiger partial charge in [-0.05, 0) is 19.1 Å². The van der Waals surface area contributed by atoms with Gasteiger partial charge in [0.2, 0.25) is 0 Å². The molecule has 0 amide bonds. The monoisotopic (exact) mass is 214 g/mol. The smallest absolute Gasteiger partial charge is 0.150 e. The van der Waals surface area contributed by atoms with Crippen LogP contribution in [-0.4, -0.2) is 28.2 Å². The minimum atomic E-state index is -1.16. The van der Waals surface area contributed by atoms with Crippen LogP contribution >= 0.6 is 0 Å². The first-order chi connectivity index (χ1) is 6.75. The summed E-state index contributed by atoms with van der Waals surface area (Å²) in [4.78, 5) is 3.98. The minimum absolute atomic E-state index is 0.440. The molecule has 0 saturated carbocycles. The summed E-state index contributed by atoms with van der Waals surface area (Å²) in [7, 11) is -1.16. The van der Waals surface area contributed by atoms with Crippen LogP contribution < -0.4 is 5.73 Å². The Hall–Kier alpha value is -0.940. The average molecular weight is 214 g/mol. The topological polar surface area (TPSA) is 65.2 Å². The molecule has 2 N–H and O–H groups in total. The Kier molecular flexibility index (Phi) is 4.55. The van der Waals surface area contributed by atoms with Crippen LogP contribution in [0.4, 0.5) is 5.69 Å². The van der Waals surface area contributed by atoms with Crippen molar-refractivity contribution in [1.82, 2.24) is 4.98 Å². The molecule has 0 aliphatic heterocycles. The zero-order chi connectivity index (χ0) is 10.4. The highest BCUT2D eigenvalue weighted by atomic mass is 32.2. The highest BCUT2D eigenvalue weighted by Crippen LogP contribution is 2.11. The Morgan fingerprint density at radius 2 is 2.43 bits per heavy atom. The van der Waals surface area contributed by atoms with E-state index in [1.807, 2.05) is 6.92 Å². The van der Waals surface area contributed by atoms with Crippen molar-refractivity contribution < 1.29 is 8.95 Å². The number of pyridine rings is 1. The summed E-state index contributed by atoms with van der Waals surface area (Å²) in [5.74, 6) is 0.440. The van der Waals surface area contributed by atoms with Crippen LogP contribution in [0.5, 0.6) is 0 Å². The molecule has 1 atom stereocenters. The third-order valence-corrected chi connectivity index (χ3v) is 2.94. The van der Waals surface area contributed by atoms with Gasteiger partial charge in [-0.1, -0.05) is 0 Å². The van der Waals surface area contributed by atoms with Crippen molar-refractivity contribution in [2.75, 3.05) is 24.7 Å². The van der Waals surface area contributed by atoms with Gasteiger partial charge in [-0.2, -0.15) is 0 Å². The molecular weight excluding hydrogens is 200 g/mol. The van der Waals surface area contributed by atoms with Crippen molar-refractivity contribution in [3.8, 4) is 0 Å². The first-order valence-corrected chi connectivity index (χ1v) is 5.74. The zero-order valence-electron chi connectivity index (χ0n) is 8.10. The van der Waals surface area contributed by atoms with Gasteiger partial charge < -0.3 is 10.5 Å². The number of anilines is 1. The number of nitrogens with two attached hydrogens (primary N) is 1. The maximum Gasteiger partial charge on any atom is 0.150 e. The van der Waals surface area contributed by atoms with E-state index >= 15 is 0 Å². The Morgan fingerprint density at radius 3 is 3.07 bits per heavy atom. The molecule has 0 aromatic carbocycles. The fourth-order valence-electron chi connectivity index (χ4n) is 0.969. The molecule has 4 nitrogen and oxygen atoms in total. The first kappa shape index (κ1) is 11.1. The lowest BCUT2D eigenvalue weighted by molar-refractivity contribution is 0.164. The van der Waals surface area contributed by atoms with Crippen LogP contribution in [0.3, 0.4) is 0 Å². The van der Waals surface area contributed by atoms with E-state index in [-0.39, 0.29) is 0 Å². The Morgan fingerprint density at radius 1 is 1.64 bits per heavy atom. The average Bonchev–Trinajstić information content (AvgIpc) is 2.18. The zero-order valence-corrected chi connectivity index (χ0v) is 8.92. The van der Waals surface area contributed by atoms with E-state index in [1.54, 1.807) is 18.3 Å². The van der Waals surface area contributed by atoms with E-state index < -0.39 is 10.8 Å². The molecule has 78 valence electrons. The number of nitrogen functional groups attached to an aromatic ring is 1. The van der Waals surface area contributed by atoms with E-state index in [2.05, 4.69) is 4.98 Å². The van der Waals surface area contributed by atoms with Crippen LogP contribution in [-0.2, 0) is 15.5 Å². The summed E-state index contributed by atoms with van der Waals surface area (Å²) < 4.78 is 16.7. The number of rotatable bonds is 5. The van der Waals surface area contributed by atoms with Crippen molar-refractivity contribution in [3.63, 3.8) is 0 Å². The summed E-state index contributed by atoms with van der Waals surface area (Å²) in [6.07, 6.45) is 1.59. The number of aromatic nitrogens is 1. The quantitative estimate of drug-likeness (QED) is 0.737. The number of nitrogens with zero attached hydrogens (tertiary/aromatic N) is 1. The van der Waals surface area contributed by atoms with E-state index in [0.29, 0.717) is 29.7 Å². The van der Waals surface area contributed by atoms with Crippen molar-refractivity contribution in [2.45, 2.75) is 11.9 Å². The van der Waals surface area contributed by atoms with Gasteiger partial charge in [0, 0.05) is 12.8 Å². The predicted molar refractivity (Wildman–Crippen MR) is 56.4 cm³/mol. The molecule has 1 aromatic rings. The second kappa shape index (κ2) is 5.72. The molecule has 0 bridgehead atoms. The SMILES string of the molecule is CCOCCS(=O)c1ncccc1N. The molecule has 0 spiro atoms. The van der Waals surface area contributed by atoms with Gasteiger partial charge in [0.1, 0.15) is 5.03 Å². The summed E-state index contributed by atoms with van der Waals surface area (Å²) in [5, 5.41) is 0.451. The van der Waals surface area contributed by atoms with E-state index in [9.17, 15) is 4.21 Å². The van der Waals surface area contributed by atoms with Crippen LogP contribution in [0.2, 0.25) is 0 Å². The Bertz CT molecular complexity index is 317. The lowest BCUT2D eigenvalue weighted by Gasteiger charge is -2.03. The highest BCUT2D eigenvalue weighted by Gasteiger charge is 2.08. The van der Waals surface area contributed by atoms with Crippen LogP contribution in [0, 0.1) is 0 Å². The molecule has 1 aromatic heterocycles. The minimum Gasteiger partial charge on any atom is -0.396 e. The molecule has 1 unspecified atom stereocenters. The summed E-state index contributed by atoms with van der Waals surface area (Å²) in [6, 6.07) is 3.42. The lowest BCUT2D eigenvalue weighted by atomic mass is 10.4. The van der Waals surface area contributed by atoms with Gasteiger partial charge in [-0.15, -0.1) is 0 Å². The van der Waals surface area contributed by atoms with Gasteiger partial charge in [0.15, 0.2) is 0 Å². The maximum atomic E-state index is 11.6. The van der Waals surface area contributed by atoms with E-state index in [4.69, 9.17) is 10.5 Å². The molecule has 0 radical (unpaired) electrons. The van der Waals surface area contributed by atoms with E-state index in [1.165, 1.54) is 0 Å². The standard InChI is InChI=1S/C9H14N2O2S/c1-2-13-6-7-14(12)9-8(10)4-3-5-11-9/h3-5H,2,6-7,10H2,1H3. The fraction of sp³-hybridized carbons (Fsp3) is 0.444. The second-order valence-electron chi connectivity index (χ2n) is 2.64. The van der Waals surface area contributed by atoms with Crippen molar-refractivity contribution >= 4 is 16.5 Å². The van der Waals surface area contributed by atoms with Crippen molar-refractivity contribution in [3.05, 3.63) is 18.3 Å². The third kappa shape index (κ3) is 3.08. The molecular formula is C9H14N2O2S. The first-order valence-electron chi connectivity index (χ1n) is 4.42. The van der Waals surface area contributed by atoms with Crippen LogP contribution in [0.15, 0.2) is 23.4 Å². The van der Waals surface area contributed by atoms with Gasteiger partial charge in [0.25, 0.3) is 0 Å². The Labute approximate surface area is 85.9 Å². The van der Waals surface area contributed by atoms with Gasteiger partial charge in [-0.3, -0.25) is 4.21 Å². The molecule has 0 aliphatic carbocycles. The van der Waals surface area contributed by atoms with Crippen LogP contribution in [0.1, 0.15) is 6.92 Å². The van der Waals surface area contributed by atoms with Crippen molar-refractivity contribution in [2.24, 2.45) is 0 Å². The van der Waals surface area contributed by atoms with Crippen LogP contribution in [0.25, 0.3) is 0 Å². The molecule has 5 heteroatoms. The number of ether oxygens (including phenoxy) is 1. The lowest BCUT2D eigenvalue weighted by Crippen LogP contribution is -2.09. The summed E-state index contributed by atoms with van der Waals surface area (Å²) >= 11 is 0. The Balaban J connectivity index is 2.56. The molecule has 0 aliphatic rings. The largest absolute Gasteiger partial charge is 0.396 e. The van der Waals surface area contributed by atoms with E-state index in [0.717, 1.165) is 0 Å². The number of hydrogen-bond acceptors (Lipinski definition) is 4. The van der Waals surface area contributed by atoms with Gasteiger partial charge in [0.05, 0.1) is 28.8 Å². The maximum absolute atomic E-state index is 11.6. The normalized spacial score (nSPS) is 12.6. The summed E-state index contributed by atoms with van der Waals surface area (Å²) in [5.41, 5.74) is 6.10. The highest BCUT2D eigenvalue weighted by molar-refractivity contribution is 7.85. The number of hydrogen-bond donors (Lipinski definition) is 1. The second-order valence-corrected chi connectivity index (χ2v) is 4.13. The molecule has 0 fully saturated rings. The molecule has 0 saturated heterocycles. The summed E-state index contributed by atoms with van der Waals surface area (Å²) in [6.45, 7) is 3.01. The third-order valence-electron chi connectivity index (χ3n) is 1.63. The van der Waals surface area contributed by atoms with Gasteiger partial charge in [-0.25, -0.2) is 4.98 Å². The molecule has 14 heavy (non-hydrogen) atoms. The van der Waals surface area contributed by atoms with Gasteiger partial charge >= 0.3 is 0 Å². The fourth-order valence-corrected chi connectivity index (χ4v) is 1.94. The molecule has 1 rings (SSSR count). The molecule has 1 heterocycles.